The molecule has 0 unspecified atom stereocenters. The van der Waals surface area contributed by atoms with Crippen LogP contribution >= 0.6 is 11.6 Å². The Balaban J connectivity index is 2.96. The zero-order chi connectivity index (χ0) is 11.4. The predicted octanol–water partition coefficient (Wildman–Crippen LogP) is 1.67. The molecule has 5 nitrogen and oxygen atoms in total. The second-order valence-corrected chi connectivity index (χ2v) is 3.86. The van der Waals surface area contributed by atoms with E-state index in [0.29, 0.717) is 11.5 Å². The highest BCUT2D eigenvalue weighted by Crippen LogP contribution is 2.07. The number of nitrogens with one attached hydrogen (secondary N) is 3. The van der Waals surface area contributed by atoms with Gasteiger partial charge in [-0.05, 0) is 20.8 Å². The normalized spacial score (nSPS) is 11.9. The summed E-state index contributed by atoms with van der Waals surface area (Å²) in [7, 11) is 0. The Morgan fingerprint density at radius 3 is 2.67 bits per heavy atom. The molecule has 6 heteroatoms. The molecular weight excluding hydrogens is 214 g/mol. The van der Waals surface area contributed by atoms with E-state index >= 15 is 0 Å². The first kappa shape index (κ1) is 11.7. The number of hydrogen-bond acceptors (Lipinski definition) is 4. The van der Waals surface area contributed by atoms with Gasteiger partial charge in [-0.15, -0.1) is 0 Å². The lowest BCUT2D eigenvalue weighted by Gasteiger charge is -2.10. The second kappa shape index (κ2) is 4.93. The van der Waals surface area contributed by atoms with Gasteiger partial charge in [-0.3, -0.25) is 10.5 Å². The maximum atomic E-state index is 7.21. The zero-order valence-corrected chi connectivity index (χ0v) is 9.68. The van der Waals surface area contributed by atoms with Crippen LogP contribution in [-0.2, 0) is 0 Å². The average Bonchev–Trinajstić information content (AvgIpc) is 2.48. The lowest BCUT2D eigenvalue weighted by molar-refractivity contribution is 0.712. The highest BCUT2D eigenvalue weighted by Gasteiger charge is 2.08. The van der Waals surface area contributed by atoms with Crippen LogP contribution in [0.1, 0.15) is 25.5 Å². The van der Waals surface area contributed by atoms with Gasteiger partial charge in [-0.2, -0.15) is 5.10 Å². The molecule has 1 aromatic heterocycles. The average molecular weight is 228 g/mol. The summed E-state index contributed by atoms with van der Waals surface area (Å²) in [5.74, 6) is 1.24. The largest absolute Gasteiger partial charge is 0.380 e. The molecule has 1 heterocycles. The maximum absolute atomic E-state index is 7.21. The molecule has 0 aliphatic heterocycles. The van der Waals surface area contributed by atoms with Crippen molar-refractivity contribution in [3.05, 3.63) is 17.7 Å². The van der Waals surface area contributed by atoms with Crippen molar-refractivity contribution in [2.24, 2.45) is 0 Å². The van der Waals surface area contributed by atoms with Gasteiger partial charge in [-0.1, -0.05) is 11.6 Å². The Hall–Kier alpha value is -1.36. The third kappa shape index (κ3) is 3.71. The minimum atomic E-state index is -0.0550. The fraction of sp³-hybridized carbons (Fsp3) is 0.444. The molecule has 0 aromatic carbocycles. The number of allylic oxidation sites excluding steroid dienone is 1. The second-order valence-electron chi connectivity index (χ2n) is 3.45. The lowest BCUT2D eigenvalue weighted by Crippen LogP contribution is -2.22. The highest BCUT2D eigenvalue weighted by atomic mass is 35.5. The van der Waals surface area contributed by atoms with Crippen LogP contribution < -0.4 is 5.32 Å². The van der Waals surface area contributed by atoms with Crippen molar-refractivity contribution < 1.29 is 0 Å². The Morgan fingerprint density at radius 1 is 1.60 bits per heavy atom. The Labute approximate surface area is 93.5 Å². The van der Waals surface area contributed by atoms with Gasteiger partial charge >= 0.3 is 0 Å². The molecule has 82 valence electrons. The molecule has 0 spiro atoms. The number of aryl methyl sites for hydroxylation is 1. The van der Waals surface area contributed by atoms with Crippen LogP contribution in [0.4, 0.5) is 0 Å². The molecule has 0 saturated carbocycles. The van der Waals surface area contributed by atoms with E-state index in [9.17, 15) is 0 Å². The Kier molecular flexibility index (Phi) is 3.85. The lowest BCUT2D eigenvalue weighted by atomic mass is 10.3. The fourth-order valence-electron chi connectivity index (χ4n) is 1.07. The number of nitrogens with zero attached hydrogens (tertiary/aromatic N) is 2. The molecule has 0 radical (unpaired) electrons. The van der Waals surface area contributed by atoms with Gasteiger partial charge in [-0.25, -0.2) is 4.98 Å². The van der Waals surface area contributed by atoms with E-state index in [-0.39, 0.29) is 11.2 Å². The third-order valence-corrected chi connectivity index (χ3v) is 1.66. The number of aromatic nitrogens is 3. The topological polar surface area (TPSA) is 77.5 Å². The van der Waals surface area contributed by atoms with E-state index in [1.165, 1.54) is 6.08 Å². The van der Waals surface area contributed by atoms with Gasteiger partial charge in [0.2, 0.25) is 0 Å². The molecule has 3 N–H and O–H groups in total. The summed E-state index contributed by atoms with van der Waals surface area (Å²) < 4.78 is 0. The summed E-state index contributed by atoms with van der Waals surface area (Å²) in [6.45, 7) is 5.80. The summed E-state index contributed by atoms with van der Waals surface area (Å²) in [5, 5.41) is 17.0. The first-order valence-electron chi connectivity index (χ1n) is 4.60. The number of hydrogen-bond donors (Lipinski definition) is 3. The van der Waals surface area contributed by atoms with Crippen LogP contribution in [0.15, 0.2) is 6.08 Å². The van der Waals surface area contributed by atoms with E-state index in [1.807, 2.05) is 20.8 Å². The van der Waals surface area contributed by atoms with Crippen LogP contribution in [0.3, 0.4) is 0 Å². The van der Waals surface area contributed by atoms with Crippen molar-refractivity contribution in [1.29, 1.82) is 5.41 Å². The van der Waals surface area contributed by atoms with E-state index in [1.54, 1.807) is 0 Å². The van der Waals surface area contributed by atoms with E-state index in [4.69, 9.17) is 17.0 Å². The summed E-state index contributed by atoms with van der Waals surface area (Å²) in [5.41, 5.74) is 0.648. The molecule has 1 aromatic rings. The molecule has 0 fully saturated rings. The van der Waals surface area contributed by atoms with E-state index < -0.39 is 0 Å². The number of H-pyrrole nitrogens is 1. The standard InChI is InChI=1S/C9H14ClN5/c1-5(2)12-7(4-8(10)11)9-13-6(3)14-15-9/h4-5,11-12H,1-3H3,(H,13,14,15)/b7-4+,11-8?. The monoisotopic (exact) mass is 227 g/mol. The molecule has 0 bridgehead atoms. The molecule has 0 aliphatic rings. The quantitative estimate of drug-likeness (QED) is 0.685. The van der Waals surface area contributed by atoms with Gasteiger partial charge in [0, 0.05) is 12.1 Å². The fourth-order valence-corrected chi connectivity index (χ4v) is 1.18. The number of halogens is 1. The Morgan fingerprint density at radius 2 is 2.27 bits per heavy atom. The Bertz CT molecular complexity index is 380. The number of rotatable bonds is 4. The third-order valence-electron chi connectivity index (χ3n) is 1.55. The SMILES string of the molecule is Cc1nc(/C(=C\C(=N)Cl)NC(C)C)n[nH]1. The van der Waals surface area contributed by atoms with Crippen molar-refractivity contribution in [3.8, 4) is 0 Å². The smallest absolute Gasteiger partial charge is 0.197 e. The van der Waals surface area contributed by atoms with E-state index in [2.05, 4.69) is 20.5 Å². The first-order chi connectivity index (χ1) is 6.99. The van der Waals surface area contributed by atoms with Crippen LogP contribution in [0, 0.1) is 12.3 Å². The highest BCUT2D eigenvalue weighted by molar-refractivity contribution is 6.67. The molecule has 0 aliphatic carbocycles. The van der Waals surface area contributed by atoms with Gasteiger partial charge in [0.15, 0.2) is 5.82 Å². The van der Waals surface area contributed by atoms with Crippen LogP contribution in [0.2, 0.25) is 0 Å². The molecule has 15 heavy (non-hydrogen) atoms. The van der Waals surface area contributed by atoms with Gasteiger partial charge < -0.3 is 5.32 Å². The number of aromatic amines is 1. The molecule has 1 rings (SSSR count). The minimum absolute atomic E-state index is 0.0550. The summed E-state index contributed by atoms with van der Waals surface area (Å²) in [6.07, 6.45) is 1.49. The van der Waals surface area contributed by atoms with Crippen molar-refractivity contribution in [2.45, 2.75) is 26.8 Å². The summed E-state index contributed by atoms with van der Waals surface area (Å²) in [6, 6.07) is 0.228. The van der Waals surface area contributed by atoms with Gasteiger partial charge in [0.05, 0.1) is 5.70 Å². The minimum Gasteiger partial charge on any atom is -0.380 e. The molecule has 0 saturated heterocycles. The predicted molar refractivity (Wildman–Crippen MR) is 60.9 cm³/mol. The van der Waals surface area contributed by atoms with Gasteiger partial charge in [0.1, 0.15) is 11.0 Å². The molecule has 0 amide bonds. The molecule has 0 atom stereocenters. The van der Waals surface area contributed by atoms with Crippen LogP contribution in [0.25, 0.3) is 5.70 Å². The summed E-state index contributed by atoms with van der Waals surface area (Å²) >= 11 is 5.51. The van der Waals surface area contributed by atoms with Gasteiger partial charge in [0.25, 0.3) is 0 Å². The van der Waals surface area contributed by atoms with Crippen LogP contribution in [-0.4, -0.2) is 26.4 Å². The van der Waals surface area contributed by atoms with Crippen molar-refractivity contribution in [2.75, 3.05) is 0 Å². The summed E-state index contributed by atoms with van der Waals surface area (Å²) in [4.78, 5) is 4.16. The zero-order valence-electron chi connectivity index (χ0n) is 8.93. The van der Waals surface area contributed by atoms with Crippen LogP contribution in [0.5, 0.6) is 0 Å². The van der Waals surface area contributed by atoms with E-state index in [0.717, 1.165) is 5.82 Å². The first-order valence-corrected chi connectivity index (χ1v) is 4.98. The molecular formula is C9H14ClN5. The van der Waals surface area contributed by atoms with Crippen molar-refractivity contribution >= 4 is 22.5 Å². The van der Waals surface area contributed by atoms with Crippen molar-refractivity contribution in [3.63, 3.8) is 0 Å². The van der Waals surface area contributed by atoms with Crippen molar-refractivity contribution in [1.82, 2.24) is 20.5 Å². The maximum Gasteiger partial charge on any atom is 0.197 e.